The summed E-state index contributed by atoms with van der Waals surface area (Å²) in [5.41, 5.74) is 0. The molecule has 1 N–H and O–H groups in total. The number of esters is 1. The van der Waals surface area contributed by atoms with E-state index in [4.69, 9.17) is 13.6 Å². The van der Waals surface area contributed by atoms with Gasteiger partial charge in [-0.15, -0.1) is 0 Å². The van der Waals surface area contributed by atoms with E-state index in [9.17, 15) is 9.59 Å². The third-order valence-corrected chi connectivity index (χ3v) is 11.0. The van der Waals surface area contributed by atoms with Gasteiger partial charge in [-0.1, -0.05) is 41.5 Å². The van der Waals surface area contributed by atoms with Crippen LogP contribution in [0.5, 0.6) is 0 Å². The summed E-state index contributed by atoms with van der Waals surface area (Å²) in [5, 5.41) is 2.82. The standard InChI is InChI=1S/C17H35NO5Si2/c1-12(19)21-17(11-13-10-14(20)18-13,22-24(8)15(2,3)4)23-25(9)16(5,6)7/h13,24-25H,10-11H2,1-9H3,(H,18,20). The molecule has 1 aliphatic heterocycles. The summed E-state index contributed by atoms with van der Waals surface area (Å²) in [7, 11) is -3.48. The molecule has 0 aromatic rings. The van der Waals surface area contributed by atoms with E-state index in [-0.39, 0.29) is 22.0 Å². The van der Waals surface area contributed by atoms with Crippen molar-refractivity contribution < 1.29 is 23.2 Å². The molecule has 0 radical (unpaired) electrons. The zero-order valence-corrected chi connectivity index (χ0v) is 19.5. The molecule has 3 atom stereocenters. The van der Waals surface area contributed by atoms with Gasteiger partial charge in [-0.3, -0.25) is 9.59 Å². The summed E-state index contributed by atoms with van der Waals surface area (Å²) in [4.78, 5) is 23.1. The Bertz CT molecular complexity index is 468. The smallest absolute Gasteiger partial charge is 0.312 e. The second kappa shape index (κ2) is 7.89. The van der Waals surface area contributed by atoms with Crippen molar-refractivity contribution in [2.75, 3.05) is 0 Å². The zero-order chi connectivity index (χ0) is 19.6. The minimum atomic E-state index is -1.74. The molecular formula is C17H35NO5Si2. The number of nitrogens with one attached hydrogen (secondary N) is 1. The number of hydrogen-bond donors (Lipinski definition) is 1. The fourth-order valence-corrected chi connectivity index (χ4v) is 4.48. The molecule has 0 aromatic carbocycles. The van der Waals surface area contributed by atoms with Gasteiger partial charge in [0.1, 0.15) is 0 Å². The highest BCUT2D eigenvalue weighted by Crippen LogP contribution is 2.38. The van der Waals surface area contributed by atoms with Crippen molar-refractivity contribution >= 4 is 30.0 Å². The molecule has 1 aliphatic rings. The molecule has 0 spiro atoms. The molecule has 1 saturated heterocycles. The highest BCUT2D eigenvalue weighted by atomic mass is 28.3. The molecule has 0 bridgehead atoms. The normalized spacial score (nSPS) is 23.1. The first kappa shape index (κ1) is 22.3. The predicted octanol–water partition coefficient (Wildman–Crippen LogP) is 2.82. The molecule has 1 heterocycles. The molecule has 0 saturated carbocycles. The van der Waals surface area contributed by atoms with E-state index >= 15 is 0 Å². The van der Waals surface area contributed by atoms with Gasteiger partial charge in [0.05, 0.1) is 6.42 Å². The maximum atomic E-state index is 11.8. The zero-order valence-electron chi connectivity index (χ0n) is 17.2. The fourth-order valence-electron chi connectivity index (χ4n) is 2.18. The van der Waals surface area contributed by atoms with Gasteiger partial charge in [-0.25, -0.2) is 0 Å². The summed E-state index contributed by atoms with van der Waals surface area (Å²) in [5.74, 6) is -1.83. The van der Waals surface area contributed by atoms with Crippen LogP contribution in [0, 0.1) is 0 Å². The second-order valence-electron chi connectivity index (χ2n) is 9.20. The minimum Gasteiger partial charge on any atom is -0.410 e. The van der Waals surface area contributed by atoms with Gasteiger partial charge in [0.15, 0.2) is 18.1 Å². The third kappa shape index (κ3) is 6.84. The van der Waals surface area contributed by atoms with Gasteiger partial charge in [-0.2, -0.15) is 0 Å². The number of rotatable bonds is 7. The van der Waals surface area contributed by atoms with Crippen LogP contribution in [-0.2, 0) is 23.2 Å². The molecular weight excluding hydrogens is 354 g/mol. The SMILES string of the molecule is CC(=O)OC(CC1CC(=O)N1)(O[SiH](C)C(C)(C)C)O[SiH](C)C(C)(C)C. The molecule has 3 unspecified atom stereocenters. The summed E-state index contributed by atoms with van der Waals surface area (Å²) >= 11 is 0. The van der Waals surface area contributed by atoms with E-state index in [1.54, 1.807) is 0 Å². The van der Waals surface area contributed by atoms with Crippen LogP contribution >= 0.6 is 0 Å². The lowest BCUT2D eigenvalue weighted by Gasteiger charge is -2.44. The van der Waals surface area contributed by atoms with E-state index in [1.165, 1.54) is 6.92 Å². The van der Waals surface area contributed by atoms with Crippen LogP contribution in [0.4, 0.5) is 0 Å². The fraction of sp³-hybridized carbons (Fsp3) is 0.882. The summed E-state index contributed by atoms with van der Waals surface area (Å²) in [6.07, 6.45) is 0.742. The lowest BCUT2D eigenvalue weighted by molar-refractivity contribution is -0.298. The molecule has 25 heavy (non-hydrogen) atoms. The Morgan fingerprint density at radius 3 is 1.76 bits per heavy atom. The van der Waals surface area contributed by atoms with E-state index in [0.29, 0.717) is 12.8 Å². The minimum absolute atomic E-state index is 0.00366. The number of β-lactam (4-membered cyclic amide) rings is 1. The van der Waals surface area contributed by atoms with E-state index in [1.807, 2.05) is 0 Å². The molecule has 1 amide bonds. The number of carbonyl (C=O) groups is 2. The van der Waals surface area contributed by atoms with Crippen LogP contribution < -0.4 is 5.32 Å². The van der Waals surface area contributed by atoms with Crippen molar-refractivity contribution in [3.05, 3.63) is 0 Å². The summed E-state index contributed by atoms with van der Waals surface area (Å²) in [6.45, 7) is 18.3. The van der Waals surface area contributed by atoms with Gasteiger partial charge < -0.3 is 18.9 Å². The second-order valence-corrected chi connectivity index (χ2v) is 15.7. The van der Waals surface area contributed by atoms with Crippen LogP contribution in [-0.4, -0.2) is 42.0 Å². The van der Waals surface area contributed by atoms with Crippen molar-refractivity contribution in [3.63, 3.8) is 0 Å². The molecule has 146 valence electrons. The summed E-state index contributed by atoms with van der Waals surface area (Å²) < 4.78 is 18.4. The number of hydrogen-bond acceptors (Lipinski definition) is 5. The van der Waals surface area contributed by atoms with Gasteiger partial charge in [0, 0.05) is 19.4 Å². The van der Waals surface area contributed by atoms with Crippen molar-refractivity contribution in [1.29, 1.82) is 0 Å². The van der Waals surface area contributed by atoms with E-state index in [2.05, 4.69) is 60.0 Å². The predicted molar refractivity (Wildman–Crippen MR) is 103 cm³/mol. The van der Waals surface area contributed by atoms with Crippen molar-refractivity contribution in [2.24, 2.45) is 0 Å². The molecule has 6 nitrogen and oxygen atoms in total. The first-order valence-electron chi connectivity index (χ1n) is 8.99. The van der Waals surface area contributed by atoms with E-state index < -0.39 is 30.0 Å². The van der Waals surface area contributed by atoms with Crippen molar-refractivity contribution in [1.82, 2.24) is 5.32 Å². The van der Waals surface area contributed by atoms with Crippen LogP contribution in [0.1, 0.15) is 61.3 Å². The molecule has 8 heteroatoms. The Kier molecular flexibility index (Phi) is 7.05. The first-order chi connectivity index (χ1) is 11.1. The Morgan fingerprint density at radius 2 is 1.48 bits per heavy atom. The van der Waals surface area contributed by atoms with Crippen LogP contribution in [0.3, 0.4) is 0 Å². The van der Waals surface area contributed by atoms with Gasteiger partial charge in [-0.05, 0) is 23.2 Å². The van der Waals surface area contributed by atoms with Crippen LogP contribution in [0.2, 0.25) is 23.2 Å². The average Bonchev–Trinajstić information content (AvgIpc) is 2.33. The Labute approximate surface area is 155 Å². The Balaban J connectivity index is 3.11. The van der Waals surface area contributed by atoms with Gasteiger partial charge in [0.2, 0.25) is 5.91 Å². The lowest BCUT2D eigenvalue weighted by Crippen LogP contribution is -2.58. The average molecular weight is 390 g/mol. The van der Waals surface area contributed by atoms with Crippen LogP contribution in [0.25, 0.3) is 0 Å². The molecule has 0 aliphatic carbocycles. The molecule has 0 aromatic heterocycles. The molecule has 1 fully saturated rings. The van der Waals surface area contributed by atoms with Crippen molar-refractivity contribution in [2.45, 2.75) is 96.5 Å². The van der Waals surface area contributed by atoms with Gasteiger partial charge in [0.25, 0.3) is 0 Å². The number of ether oxygens (including phenoxy) is 1. The Morgan fingerprint density at radius 1 is 1.08 bits per heavy atom. The quantitative estimate of drug-likeness (QED) is 0.314. The maximum absolute atomic E-state index is 11.8. The number of carbonyl (C=O) groups excluding carboxylic acids is 2. The highest BCUT2D eigenvalue weighted by Gasteiger charge is 2.47. The lowest BCUT2D eigenvalue weighted by atomic mass is 10.0. The Hall–Kier alpha value is -0.706. The first-order valence-corrected chi connectivity index (χ1v) is 13.4. The van der Waals surface area contributed by atoms with Gasteiger partial charge >= 0.3 is 11.9 Å². The number of amides is 1. The topological polar surface area (TPSA) is 73.9 Å². The summed E-state index contributed by atoms with van der Waals surface area (Å²) in [6, 6.07) is -0.0887. The monoisotopic (exact) mass is 389 g/mol. The van der Waals surface area contributed by atoms with E-state index in [0.717, 1.165) is 0 Å². The maximum Gasteiger partial charge on any atom is 0.312 e. The largest absolute Gasteiger partial charge is 0.410 e. The molecule has 1 rings (SSSR count). The van der Waals surface area contributed by atoms with Crippen LogP contribution in [0.15, 0.2) is 0 Å². The third-order valence-electron chi connectivity index (χ3n) is 4.74. The van der Waals surface area contributed by atoms with Crippen molar-refractivity contribution in [3.8, 4) is 0 Å². The highest BCUT2D eigenvalue weighted by molar-refractivity contribution is 6.55.